The summed E-state index contributed by atoms with van der Waals surface area (Å²) in [5.41, 5.74) is 5.81. The molecule has 0 saturated carbocycles. The number of amides is 1. The van der Waals surface area contributed by atoms with Crippen LogP contribution in [0.25, 0.3) is 11.0 Å². The molecule has 170 valence electrons. The van der Waals surface area contributed by atoms with Crippen molar-refractivity contribution in [3.63, 3.8) is 0 Å². The summed E-state index contributed by atoms with van der Waals surface area (Å²) >= 11 is 0. The third kappa shape index (κ3) is 4.67. The third-order valence-corrected chi connectivity index (χ3v) is 6.32. The summed E-state index contributed by atoms with van der Waals surface area (Å²) in [6.45, 7) is 0.129. The molecular formula is C22H17F3N4O3S. The maximum atomic E-state index is 12.8. The predicted molar refractivity (Wildman–Crippen MR) is 116 cm³/mol. The first-order valence-electron chi connectivity index (χ1n) is 9.57. The first-order chi connectivity index (χ1) is 15.5. The van der Waals surface area contributed by atoms with Gasteiger partial charge in [0.15, 0.2) is 0 Å². The van der Waals surface area contributed by atoms with E-state index in [9.17, 15) is 26.4 Å². The number of benzene rings is 2. The van der Waals surface area contributed by atoms with Crippen LogP contribution in [0.4, 0.5) is 18.9 Å². The van der Waals surface area contributed by atoms with Gasteiger partial charge in [0.05, 0.1) is 27.9 Å². The molecule has 2 heterocycles. The number of halogens is 3. The van der Waals surface area contributed by atoms with E-state index >= 15 is 0 Å². The van der Waals surface area contributed by atoms with Gasteiger partial charge in [-0.05, 0) is 35.9 Å². The van der Waals surface area contributed by atoms with E-state index in [2.05, 4.69) is 9.71 Å². The van der Waals surface area contributed by atoms with E-state index in [0.717, 1.165) is 12.1 Å². The van der Waals surface area contributed by atoms with Gasteiger partial charge in [0.1, 0.15) is 5.65 Å². The monoisotopic (exact) mass is 474 g/mol. The number of carbonyl (C=O) groups is 1. The SMILES string of the molecule is NC(=O)c1cn(Cc2ccc(C(F)(F)F)cc2)c2ncc(NS(=O)(=O)c3ccccc3)cc12. The summed E-state index contributed by atoms with van der Waals surface area (Å²) in [6, 6.07) is 13.8. The molecule has 0 spiro atoms. The first kappa shape index (κ1) is 22.3. The lowest BCUT2D eigenvalue weighted by atomic mass is 10.1. The van der Waals surface area contributed by atoms with Crippen molar-refractivity contribution in [2.24, 2.45) is 5.73 Å². The van der Waals surface area contributed by atoms with E-state index in [0.29, 0.717) is 16.6 Å². The van der Waals surface area contributed by atoms with Gasteiger partial charge in [-0.1, -0.05) is 30.3 Å². The van der Waals surface area contributed by atoms with Crippen LogP contribution in [-0.4, -0.2) is 23.9 Å². The highest BCUT2D eigenvalue weighted by molar-refractivity contribution is 7.92. The van der Waals surface area contributed by atoms with Crippen LogP contribution in [0.2, 0.25) is 0 Å². The molecule has 1 amide bonds. The Morgan fingerprint density at radius 2 is 1.73 bits per heavy atom. The molecule has 3 N–H and O–H groups in total. The maximum absolute atomic E-state index is 12.8. The molecule has 0 aliphatic carbocycles. The van der Waals surface area contributed by atoms with Crippen LogP contribution in [0, 0.1) is 0 Å². The molecule has 0 aliphatic heterocycles. The Labute approximate surface area is 186 Å². The molecule has 2 aromatic heterocycles. The molecule has 0 bridgehead atoms. The molecule has 2 aromatic carbocycles. The fraction of sp³-hybridized carbons (Fsp3) is 0.0909. The Morgan fingerprint density at radius 1 is 1.06 bits per heavy atom. The lowest BCUT2D eigenvalue weighted by molar-refractivity contribution is -0.137. The molecule has 0 saturated heterocycles. The summed E-state index contributed by atoms with van der Waals surface area (Å²) in [4.78, 5) is 16.3. The number of anilines is 1. The van der Waals surface area contributed by atoms with Gasteiger partial charge in [0.25, 0.3) is 15.9 Å². The van der Waals surface area contributed by atoms with Crippen LogP contribution < -0.4 is 10.5 Å². The van der Waals surface area contributed by atoms with Crippen molar-refractivity contribution in [3.05, 3.63) is 89.7 Å². The molecule has 4 aromatic rings. The quantitative estimate of drug-likeness (QED) is 0.440. The molecule has 0 atom stereocenters. The lowest BCUT2D eigenvalue weighted by Gasteiger charge is -2.10. The largest absolute Gasteiger partial charge is 0.416 e. The van der Waals surface area contributed by atoms with Crippen LogP contribution >= 0.6 is 0 Å². The Morgan fingerprint density at radius 3 is 2.33 bits per heavy atom. The second-order valence-corrected chi connectivity index (χ2v) is 8.93. The number of primary amides is 1. The second-order valence-electron chi connectivity index (χ2n) is 7.24. The molecular weight excluding hydrogens is 457 g/mol. The van der Waals surface area contributed by atoms with Gasteiger partial charge in [0.2, 0.25) is 0 Å². The van der Waals surface area contributed by atoms with Crippen molar-refractivity contribution in [2.45, 2.75) is 17.6 Å². The second kappa shape index (κ2) is 8.24. The Balaban J connectivity index is 1.68. The number of aromatic nitrogens is 2. The van der Waals surface area contributed by atoms with Crippen molar-refractivity contribution in [2.75, 3.05) is 4.72 Å². The number of hydrogen-bond donors (Lipinski definition) is 2. The van der Waals surface area contributed by atoms with Crippen molar-refractivity contribution in [1.29, 1.82) is 0 Å². The molecule has 0 aliphatic rings. The summed E-state index contributed by atoms with van der Waals surface area (Å²) in [6.07, 6.45) is -1.72. The Kier molecular flexibility index (Phi) is 5.58. The molecule has 11 heteroatoms. The number of nitrogens with one attached hydrogen (secondary N) is 1. The van der Waals surface area contributed by atoms with Gasteiger partial charge < -0.3 is 10.3 Å². The van der Waals surface area contributed by atoms with Crippen LogP contribution in [0.5, 0.6) is 0 Å². The van der Waals surface area contributed by atoms with Crippen molar-refractivity contribution < 1.29 is 26.4 Å². The van der Waals surface area contributed by atoms with E-state index in [1.54, 1.807) is 22.8 Å². The number of nitrogens with zero attached hydrogens (tertiary/aromatic N) is 2. The van der Waals surface area contributed by atoms with E-state index < -0.39 is 27.7 Å². The molecule has 4 rings (SSSR count). The number of nitrogens with two attached hydrogens (primary N) is 1. The first-order valence-corrected chi connectivity index (χ1v) is 11.1. The number of fused-ring (bicyclic) bond motifs is 1. The number of rotatable bonds is 6. The van der Waals surface area contributed by atoms with Gasteiger partial charge >= 0.3 is 6.18 Å². The third-order valence-electron chi connectivity index (χ3n) is 4.92. The predicted octanol–water partition coefficient (Wildman–Crippen LogP) is 4.00. The minimum absolute atomic E-state index is 0.0556. The molecule has 7 nitrogen and oxygen atoms in total. The highest BCUT2D eigenvalue weighted by atomic mass is 32.2. The van der Waals surface area contributed by atoms with Crippen LogP contribution in [0.3, 0.4) is 0 Å². The van der Waals surface area contributed by atoms with Gasteiger partial charge in [0, 0.05) is 18.1 Å². The van der Waals surface area contributed by atoms with Crippen LogP contribution in [0.1, 0.15) is 21.5 Å². The minimum Gasteiger partial charge on any atom is -0.366 e. The fourth-order valence-corrected chi connectivity index (χ4v) is 4.41. The van der Waals surface area contributed by atoms with Crippen LogP contribution in [0.15, 0.2) is 78.0 Å². The topological polar surface area (TPSA) is 107 Å². The van der Waals surface area contributed by atoms with Crippen LogP contribution in [-0.2, 0) is 22.7 Å². The van der Waals surface area contributed by atoms with Crippen molar-refractivity contribution >= 4 is 32.7 Å². The van der Waals surface area contributed by atoms with Crippen molar-refractivity contribution in [1.82, 2.24) is 9.55 Å². The average Bonchev–Trinajstić information content (AvgIpc) is 3.12. The van der Waals surface area contributed by atoms with E-state index in [1.807, 2.05) is 0 Å². The number of sulfonamides is 1. The van der Waals surface area contributed by atoms with Gasteiger partial charge in [-0.3, -0.25) is 9.52 Å². The summed E-state index contributed by atoms with van der Waals surface area (Å²) in [7, 11) is -3.88. The summed E-state index contributed by atoms with van der Waals surface area (Å²) < 4.78 is 67.5. The fourth-order valence-electron chi connectivity index (χ4n) is 3.35. The zero-order valence-electron chi connectivity index (χ0n) is 16.9. The highest BCUT2D eigenvalue weighted by Crippen LogP contribution is 2.30. The Hall–Kier alpha value is -3.86. The minimum atomic E-state index is -4.44. The molecule has 0 fully saturated rings. The summed E-state index contributed by atoms with van der Waals surface area (Å²) in [5.74, 6) is -0.754. The lowest BCUT2D eigenvalue weighted by Crippen LogP contribution is -2.13. The standard InChI is InChI=1S/C22H17F3N4O3S/c23-22(24,25)15-8-6-14(7-9-15)12-29-13-19(20(26)30)18-10-16(11-27-21(18)29)28-33(31,32)17-4-2-1-3-5-17/h1-11,13,28H,12H2,(H2,26,30). The summed E-state index contributed by atoms with van der Waals surface area (Å²) in [5, 5.41) is 0.308. The number of alkyl halides is 3. The van der Waals surface area contributed by atoms with Gasteiger partial charge in [-0.25, -0.2) is 13.4 Å². The number of pyridine rings is 1. The van der Waals surface area contributed by atoms with E-state index in [-0.39, 0.29) is 22.7 Å². The van der Waals surface area contributed by atoms with Crippen molar-refractivity contribution in [3.8, 4) is 0 Å². The Bertz CT molecular complexity index is 1430. The smallest absolute Gasteiger partial charge is 0.366 e. The van der Waals surface area contributed by atoms with E-state index in [1.165, 1.54) is 42.7 Å². The molecule has 0 radical (unpaired) electrons. The highest BCUT2D eigenvalue weighted by Gasteiger charge is 2.30. The van der Waals surface area contributed by atoms with E-state index in [4.69, 9.17) is 5.73 Å². The normalized spacial score (nSPS) is 12.1. The maximum Gasteiger partial charge on any atom is 0.416 e. The number of hydrogen-bond acceptors (Lipinski definition) is 4. The zero-order chi connectivity index (χ0) is 23.8. The molecule has 0 unspecified atom stereocenters. The average molecular weight is 474 g/mol. The van der Waals surface area contributed by atoms with Gasteiger partial charge in [-0.2, -0.15) is 13.2 Å². The number of carbonyl (C=O) groups excluding carboxylic acids is 1. The zero-order valence-corrected chi connectivity index (χ0v) is 17.7. The van der Waals surface area contributed by atoms with Gasteiger partial charge in [-0.15, -0.1) is 0 Å². The molecule has 33 heavy (non-hydrogen) atoms.